The molecule has 0 aliphatic heterocycles. The van der Waals surface area contributed by atoms with E-state index < -0.39 is 0 Å². The summed E-state index contributed by atoms with van der Waals surface area (Å²) in [7, 11) is 0. The van der Waals surface area contributed by atoms with E-state index in [0.29, 0.717) is 5.82 Å². The SMILES string of the molecule is Cc1cccn2c(N)c(-c3cncc(Br)c3)nc12. The van der Waals surface area contributed by atoms with E-state index >= 15 is 0 Å². The minimum absolute atomic E-state index is 0.633. The quantitative estimate of drug-likeness (QED) is 0.751. The summed E-state index contributed by atoms with van der Waals surface area (Å²) in [6.07, 6.45) is 5.42. The number of rotatable bonds is 1. The average molecular weight is 303 g/mol. The number of hydrogen-bond donors (Lipinski definition) is 1. The number of halogens is 1. The normalized spacial score (nSPS) is 11.0. The number of aromatic nitrogens is 3. The highest BCUT2D eigenvalue weighted by Gasteiger charge is 2.12. The van der Waals surface area contributed by atoms with E-state index in [1.165, 1.54) is 0 Å². The van der Waals surface area contributed by atoms with Gasteiger partial charge in [0.15, 0.2) is 0 Å². The molecule has 0 unspecified atom stereocenters. The van der Waals surface area contributed by atoms with Crippen LogP contribution in [0.25, 0.3) is 16.9 Å². The molecule has 18 heavy (non-hydrogen) atoms. The molecule has 5 heteroatoms. The van der Waals surface area contributed by atoms with Crippen LogP contribution in [0, 0.1) is 6.92 Å². The molecule has 0 atom stereocenters. The van der Waals surface area contributed by atoms with Gasteiger partial charge in [-0.3, -0.25) is 9.38 Å². The van der Waals surface area contributed by atoms with Gasteiger partial charge in [0.25, 0.3) is 0 Å². The van der Waals surface area contributed by atoms with Gasteiger partial charge in [-0.2, -0.15) is 0 Å². The van der Waals surface area contributed by atoms with Crippen molar-refractivity contribution in [2.75, 3.05) is 5.73 Å². The molecule has 0 aliphatic carbocycles. The Hall–Kier alpha value is -1.88. The summed E-state index contributed by atoms with van der Waals surface area (Å²) in [6.45, 7) is 2.02. The molecular weight excluding hydrogens is 292 g/mol. The Morgan fingerprint density at radius 3 is 2.89 bits per heavy atom. The lowest BCUT2D eigenvalue weighted by Gasteiger charge is -1.99. The van der Waals surface area contributed by atoms with Gasteiger partial charge in [0.1, 0.15) is 17.2 Å². The third-order valence-electron chi connectivity index (χ3n) is 2.86. The molecule has 0 radical (unpaired) electrons. The lowest BCUT2D eigenvalue weighted by Crippen LogP contribution is -1.94. The number of nitrogen functional groups attached to an aromatic ring is 1. The first-order valence-electron chi connectivity index (χ1n) is 5.51. The van der Waals surface area contributed by atoms with Gasteiger partial charge >= 0.3 is 0 Å². The fraction of sp³-hybridized carbons (Fsp3) is 0.0769. The number of fused-ring (bicyclic) bond motifs is 1. The van der Waals surface area contributed by atoms with Gasteiger partial charge < -0.3 is 5.73 Å². The van der Waals surface area contributed by atoms with Crippen LogP contribution in [0.5, 0.6) is 0 Å². The van der Waals surface area contributed by atoms with Crippen LogP contribution in [0.4, 0.5) is 5.82 Å². The van der Waals surface area contributed by atoms with E-state index in [0.717, 1.165) is 26.9 Å². The van der Waals surface area contributed by atoms with Gasteiger partial charge in [0.05, 0.1) is 0 Å². The molecule has 0 saturated heterocycles. The highest BCUT2D eigenvalue weighted by atomic mass is 79.9. The molecule has 0 spiro atoms. The summed E-state index contributed by atoms with van der Waals surface area (Å²) in [5.41, 5.74) is 9.79. The number of imidazole rings is 1. The first-order chi connectivity index (χ1) is 8.66. The maximum absolute atomic E-state index is 6.15. The van der Waals surface area contributed by atoms with Crippen molar-refractivity contribution in [2.45, 2.75) is 6.92 Å². The maximum atomic E-state index is 6.15. The van der Waals surface area contributed by atoms with Crippen molar-refractivity contribution in [2.24, 2.45) is 0 Å². The number of aryl methyl sites for hydroxylation is 1. The average Bonchev–Trinajstić information content (AvgIpc) is 2.69. The molecule has 3 aromatic heterocycles. The molecule has 4 nitrogen and oxygen atoms in total. The fourth-order valence-corrected chi connectivity index (χ4v) is 2.34. The Balaban J connectivity index is 2.30. The first-order valence-corrected chi connectivity index (χ1v) is 6.30. The van der Waals surface area contributed by atoms with Crippen LogP contribution in [-0.2, 0) is 0 Å². The highest BCUT2D eigenvalue weighted by Crippen LogP contribution is 2.28. The zero-order chi connectivity index (χ0) is 12.7. The molecule has 0 aliphatic rings. The minimum atomic E-state index is 0.633. The molecule has 0 saturated carbocycles. The standard InChI is InChI=1S/C13H11BrN4/c1-8-3-2-4-18-12(15)11(17-13(8)18)9-5-10(14)7-16-6-9/h2-7H,15H2,1H3. The summed E-state index contributed by atoms with van der Waals surface area (Å²) in [5, 5.41) is 0. The lowest BCUT2D eigenvalue weighted by atomic mass is 10.2. The van der Waals surface area contributed by atoms with E-state index in [4.69, 9.17) is 5.73 Å². The van der Waals surface area contributed by atoms with Gasteiger partial charge in [-0.25, -0.2) is 4.98 Å². The summed E-state index contributed by atoms with van der Waals surface area (Å²) in [6, 6.07) is 5.94. The topological polar surface area (TPSA) is 56.2 Å². The van der Waals surface area contributed by atoms with Gasteiger partial charge in [0, 0.05) is 28.6 Å². The number of hydrogen-bond acceptors (Lipinski definition) is 3. The Morgan fingerprint density at radius 1 is 1.33 bits per heavy atom. The van der Waals surface area contributed by atoms with Gasteiger partial charge in [-0.15, -0.1) is 0 Å². The van der Waals surface area contributed by atoms with Crippen LogP contribution in [0.1, 0.15) is 5.56 Å². The van der Waals surface area contributed by atoms with Crippen LogP contribution in [-0.4, -0.2) is 14.4 Å². The third kappa shape index (κ3) is 1.67. The molecule has 2 N–H and O–H groups in total. The number of pyridine rings is 2. The summed E-state index contributed by atoms with van der Waals surface area (Å²) < 4.78 is 2.80. The van der Waals surface area contributed by atoms with Crippen molar-refractivity contribution in [3.63, 3.8) is 0 Å². The highest BCUT2D eigenvalue weighted by molar-refractivity contribution is 9.10. The van der Waals surface area contributed by atoms with Crippen molar-refractivity contribution < 1.29 is 0 Å². The molecule has 0 amide bonds. The van der Waals surface area contributed by atoms with Gasteiger partial charge in [-0.1, -0.05) is 6.07 Å². The monoisotopic (exact) mass is 302 g/mol. The van der Waals surface area contributed by atoms with E-state index in [1.807, 2.05) is 35.7 Å². The number of nitrogens with zero attached hydrogens (tertiary/aromatic N) is 3. The molecule has 0 fully saturated rings. The van der Waals surface area contributed by atoms with Crippen LogP contribution in [0.3, 0.4) is 0 Å². The Kier molecular flexibility index (Phi) is 2.56. The number of nitrogens with two attached hydrogens (primary N) is 1. The predicted molar refractivity (Wildman–Crippen MR) is 75.3 cm³/mol. The predicted octanol–water partition coefficient (Wildman–Crippen LogP) is 3.05. The van der Waals surface area contributed by atoms with Crippen molar-refractivity contribution in [3.8, 4) is 11.3 Å². The molecule has 3 heterocycles. The third-order valence-corrected chi connectivity index (χ3v) is 3.29. The van der Waals surface area contributed by atoms with Crippen molar-refractivity contribution in [1.29, 1.82) is 0 Å². The molecule has 0 aromatic carbocycles. The van der Waals surface area contributed by atoms with E-state index in [2.05, 4.69) is 25.9 Å². The van der Waals surface area contributed by atoms with Crippen LogP contribution in [0.2, 0.25) is 0 Å². The second-order valence-corrected chi connectivity index (χ2v) is 5.04. The van der Waals surface area contributed by atoms with Crippen LogP contribution < -0.4 is 5.73 Å². The first kappa shape index (κ1) is 11.2. The lowest BCUT2D eigenvalue weighted by molar-refractivity contribution is 1.17. The van der Waals surface area contributed by atoms with Crippen molar-refractivity contribution >= 4 is 27.4 Å². The Labute approximate surface area is 113 Å². The van der Waals surface area contributed by atoms with Gasteiger partial charge in [-0.05, 0) is 40.5 Å². The summed E-state index contributed by atoms with van der Waals surface area (Å²) >= 11 is 3.40. The zero-order valence-corrected chi connectivity index (χ0v) is 11.3. The molecule has 3 rings (SSSR count). The van der Waals surface area contributed by atoms with Gasteiger partial charge in [0.2, 0.25) is 0 Å². The zero-order valence-electron chi connectivity index (χ0n) is 9.76. The number of anilines is 1. The van der Waals surface area contributed by atoms with Crippen LogP contribution in [0.15, 0.2) is 41.3 Å². The summed E-state index contributed by atoms with van der Waals surface area (Å²) in [5.74, 6) is 0.633. The van der Waals surface area contributed by atoms with E-state index in [-0.39, 0.29) is 0 Å². The van der Waals surface area contributed by atoms with Crippen LogP contribution >= 0.6 is 15.9 Å². The smallest absolute Gasteiger partial charge is 0.142 e. The minimum Gasteiger partial charge on any atom is -0.383 e. The molecule has 0 bridgehead atoms. The molecule has 3 aromatic rings. The fourth-order valence-electron chi connectivity index (χ4n) is 1.98. The maximum Gasteiger partial charge on any atom is 0.142 e. The van der Waals surface area contributed by atoms with Crippen molar-refractivity contribution in [1.82, 2.24) is 14.4 Å². The second kappa shape index (κ2) is 4.10. The second-order valence-electron chi connectivity index (χ2n) is 4.12. The molecular formula is C13H11BrN4. The summed E-state index contributed by atoms with van der Waals surface area (Å²) in [4.78, 5) is 8.74. The largest absolute Gasteiger partial charge is 0.383 e. The van der Waals surface area contributed by atoms with Crippen molar-refractivity contribution in [3.05, 3.63) is 46.8 Å². The Bertz CT molecular complexity index is 733. The van der Waals surface area contributed by atoms with E-state index in [9.17, 15) is 0 Å². The molecule has 90 valence electrons. The Morgan fingerprint density at radius 2 is 2.17 bits per heavy atom. The van der Waals surface area contributed by atoms with E-state index in [1.54, 1.807) is 12.4 Å².